The lowest BCUT2D eigenvalue weighted by atomic mass is 10.1. The van der Waals surface area contributed by atoms with Gasteiger partial charge in [-0.1, -0.05) is 25.4 Å². The summed E-state index contributed by atoms with van der Waals surface area (Å²) < 4.78 is 16.4. The Morgan fingerprint density at radius 3 is 2.80 bits per heavy atom. The van der Waals surface area contributed by atoms with E-state index < -0.39 is 0 Å². The molecule has 0 saturated heterocycles. The van der Waals surface area contributed by atoms with Crippen LogP contribution in [0.2, 0.25) is 5.15 Å². The van der Waals surface area contributed by atoms with Gasteiger partial charge in [-0.15, -0.1) is 0 Å². The summed E-state index contributed by atoms with van der Waals surface area (Å²) >= 11 is 6.11. The van der Waals surface area contributed by atoms with Crippen molar-refractivity contribution in [2.75, 3.05) is 6.79 Å². The first-order chi connectivity index (χ1) is 9.65. The molecule has 5 nitrogen and oxygen atoms in total. The Labute approximate surface area is 121 Å². The van der Waals surface area contributed by atoms with Crippen molar-refractivity contribution >= 4 is 11.6 Å². The van der Waals surface area contributed by atoms with E-state index in [1.165, 1.54) is 6.33 Å². The third kappa shape index (κ3) is 2.36. The highest BCUT2D eigenvalue weighted by atomic mass is 35.5. The fourth-order valence-electron chi connectivity index (χ4n) is 1.98. The van der Waals surface area contributed by atoms with Gasteiger partial charge in [0.05, 0.1) is 5.56 Å². The van der Waals surface area contributed by atoms with Crippen molar-refractivity contribution in [2.45, 2.75) is 19.8 Å². The van der Waals surface area contributed by atoms with Gasteiger partial charge in [-0.2, -0.15) is 0 Å². The Morgan fingerprint density at radius 1 is 1.20 bits per heavy atom. The maximum atomic E-state index is 6.11. The zero-order valence-corrected chi connectivity index (χ0v) is 11.8. The average molecular weight is 293 g/mol. The average Bonchev–Trinajstić information content (AvgIpc) is 2.85. The zero-order valence-electron chi connectivity index (χ0n) is 11.1. The molecule has 0 aliphatic carbocycles. The maximum Gasteiger partial charge on any atom is 0.231 e. The lowest BCUT2D eigenvalue weighted by Crippen LogP contribution is -1.99. The van der Waals surface area contributed by atoms with Crippen molar-refractivity contribution < 1.29 is 14.2 Å². The van der Waals surface area contributed by atoms with Crippen LogP contribution in [0.5, 0.6) is 23.1 Å². The fourth-order valence-corrected chi connectivity index (χ4v) is 2.32. The van der Waals surface area contributed by atoms with Crippen LogP contribution in [-0.4, -0.2) is 16.8 Å². The van der Waals surface area contributed by atoms with Gasteiger partial charge in [0, 0.05) is 6.07 Å². The van der Waals surface area contributed by atoms with E-state index in [0.717, 1.165) is 5.56 Å². The molecule has 20 heavy (non-hydrogen) atoms. The number of ether oxygens (including phenoxy) is 3. The highest BCUT2D eigenvalue weighted by Gasteiger charge is 2.18. The third-order valence-electron chi connectivity index (χ3n) is 2.93. The number of halogens is 1. The predicted octanol–water partition coefficient (Wildman–Crippen LogP) is 3.77. The van der Waals surface area contributed by atoms with Crippen LogP contribution in [0.15, 0.2) is 24.5 Å². The van der Waals surface area contributed by atoms with Crippen LogP contribution in [0.1, 0.15) is 25.3 Å². The van der Waals surface area contributed by atoms with E-state index in [1.54, 1.807) is 18.2 Å². The topological polar surface area (TPSA) is 53.5 Å². The molecular weight excluding hydrogens is 280 g/mol. The first-order valence-corrected chi connectivity index (χ1v) is 6.61. The molecule has 1 aliphatic heterocycles. The largest absolute Gasteiger partial charge is 0.454 e. The summed E-state index contributed by atoms with van der Waals surface area (Å²) in [4.78, 5) is 8.15. The van der Waals surface area contributed by atoms with E-state index in [0.29, 0.717) is 28.3 Å². The van der Waals surface area contributed by atoms with Crippen LogP contribution in [-0.2, 0) is 0 Å². The molecule has 3 rings (SSSR count). The Bertz CT molecular complexity index is 646. The van der Waals surface area contributed by atoms with Gasteiger partial charge < -0.3 is 14.2 Å². The van der Waals surface area contributed by atoms with Gasteiger partial charge in [0.15, 0.2) is 11.5 Å². The number of nitrogens with zero attached hydrogens (tertiary/aromatic N) is 2. The molecule has 1 aromatic heterocycles. The number of benzene rings is 1. The summed E-state index contributed by atoms with van der Waals surface area (Å²) in [6, 6.07) is 5.37. The minimum atomic E-state index is 0.160. The molecule has 2 heterocycles. The van der Waals surface area contributed by atoms with Crippen molar-refractivity contribution in [3.8, 4) is 23.1 Å². The number of rotatable bonds is 3. The molecule has 0 amide bonds. The molecule has 104 valence electrons. The summed E-state index contributed by atoms with van der Waals surface area (Å²) in [6.45, 7) is 4.25. The highest BCUT2D eigenvalue weighted by Crippen LogP contribution is 2.38. The van der Waals surface area contributed by atoms with Crippen molar-refractivity contribution in [1.82, 2.24) is 9.97 Å². The lowest BCUT2D eigenvalue weighted by Gasteiger charge is -2.13. The van der Waals surface area contributed by atoms with E-state index in [-0.39, 0.29) is 12.7 Å². The number of hydrogen-bond acceptors (Lipinski definition) is 5. The normalized spacial score (nSPS) is 12.8. The molecule has 0 fully saturated rings. The van der Waals surface area contributed by atoms with Crippen LogP contribution in [0, 0.1) is 0 Å². The minimum Gasteiger partial charge on any atom is -0.454 e. The molecule has 0 atom stereocenters. The molecular formula is C14H13ClN2O3. The second-order valence-corrected chi connectivity index (χ2v) is 5.01. The predicted molar refractivity (Wildman–Crippen MR) is 73.8 cm³/mol. The molecule has 1 aromatic carbocycles. The fraction of sp³-hybridized carbons (Fsp3) is 0.286. The van der Waals surface area contributed by atoms with Crippen molar-refractivity contribution in [3.05, 3.63) is 35.2 Å². The first-order valence-electron chi connectivity index (χ1n) is 6.23. The maximum absolute atomic E-state index is 6.11. The van der Waals surface area contributed by atoms with E-state index in [4.69, 9.17) is 25.8 Å². The van der Waals surface area contributed by atoms with Gasteiger partial charge in [0.25, 0.3) is 0 Å². The molecule has 0 radical (unpaired) electrons. The van der Waals surface area contributed by atoms with E-state index >= 15 is 0 Å². The van der Waals surface area contributed by atoms with Crippen LogP contribution in [0.3, 0.4) is 0 Å². The zero-order chi connectivity index (χ0) is 14.1. The molecule has 1 aliphatic rings. The molecule has 0 unspecified atom stereocenters. The van der Waals surface area contributed by atoms with Gasteiger partial charge in [-0.3, -0.25) is 0 Å². The second-order valence-electron chi connectivity index (χ2n) is 4.66. The quantitative estimate of drug-likeness (QED) is 0.806. The van der Waals surface area contributed by atoms with E-state index in [2.05, 4.69) is 9.97 Å². The van der Waals surface area contributed by atoms with Crippen molar-refractivity contribution in [1.29, 1.82) is 0 Å². The smallest absolute Gasteiger partial charge is 0.231 e. The summed E-state index contributed by atoms with van der Waals surface area (Å²) in [5.41, 5.74) is 0.784. The Morgan fingerprint density at radius 2 is 2.00 bits per heavy atom. The van der Waals surface area contributed by atoms with Crippen LogP contribution >= 0.6 is 11.6 Å². The number of fused-ring (bicyclic) bond motifs is 1. The Balaban J connectivity index is 1.93. The van der Waals surface area contributed by atoms with Crippen LogP contribution in [0.25, 0.3) is 0 Å². The summed E-state index contributed by atoms with van der Waals surface area (Å²) in [7, 11) is 0. The molecule has 2 aromatic rings. The van der Waals surface area contributed by atoms with Crippen LogP contribution < -0.4 is 14.2 Å². The summed E-state index contributed by atoms with van der Waals surface area (Å²) in [5, 5.41) is 0.408. The Hall–Kier alpha value is -2.01. The SMILES string of the molecule is CC(C)c1c(Cl)ncnc1Oc1ccc2c(c1)OCO2. The summed E-state index contributed by atoms with van der Waals surface area (Å²) in [6.07, 6.45) is 1.39. The highest BCUT2D eigenvalue weighted by molar-refractivity contribution is 6.30. The monoisotopic (exact) mass is 292 g/mol. The lowest BCUT2D eigenvalue weighted by molar-refractivity contribution is 0.174. The van der Waals surface area contributed by atoms with E-state index in [1.807, 2.05) is 13.8 Å². The molecule has 0 N–H and O–H groups in total. The van der Waals surface area contributed by atoms with Gasteiger partial charge >= 0.3 is 0 Å². The van der Waals surface area contributed by atoms with Crippen molar-refractivity contribution in [3.63, 3.8) is 0 Å². The first kappa shape index (κ1) is 13.0. The van der Waals surface area contributed by atoms with Gasteiger partial charge in [-0.05, 0) is 18.1 Å². The molecule has 0 spiro atoms. The number of hydrogen-bond donors (Lipinski definition) is 0. The summed E-state index contributed by atoms with van der Waals surface area (Å²) in [5.74, 6) is 2.60. The molecule has 0 saturated carbocycles. The number of aromatic nitrogens is 2. The van der Waals surface area contributed by atoms with Crippen molar-refractivity contribution in [2.24, 2.45) is 0 Å². The van der Waals surface area contributed by atoms with Gasteiger partial charge in [0.2, 0.25) is 12.7 Å². The molecule has 0 bridgehead atoms. The third-order valence-corrected chi connectivity index (χ3v) is 3.24. The second kappa shape index (κ2) is 5.17. The Kier molecular flexibility index (Phi) is 3.36. The van der Waals surface area contributed by atoms with E-state index in [9.17, 15) is 0 Å². The minimum absolute atomic E-state index is 0.160. The van der Waals surface area contributed by atoms with Gasteiger partial charge in [-0.25, -0.2) is 9.97 Å². The standard InChI is InChI=1S/C14H13ClN2O3/c1-8(2)12-13(15)16-6-17-14(12)20-9-3-4-10-11(5-9)19-7-18-10/h3-6,8H,7H2,1-2H3. The molecule has 6 heteroatoms. The van der Waals surface area contributed by atoms with Gasteiger partial charge in [0.1, 0.15) is 17.2 Å². The van der Waals surface area contributed by atoms with Crippen LogP contribution in [0.4, 0.5) is 0 Å².